The quantitative estimate of drug-likeness (QED) is 0.320. The van der Waals surface area contributed by atoms with Crippen LogP contribution in [0.5, 0.6) is 0 Å². The van der Waals surface area contributed by atoms with Crippen molar-refractivity contribution >= 4 is 29.3 Å². The molecule has 0 saturated heterocycles. The predicted molar refractivity (Wildman–Crippen MR) is 106 cm³/mol. The molecule has 2 heterocycles. The SMILES string of the molecule is CSc1nc(C)c(CCC(=O)OCc2nc(-c3ccc(Cl)cc3)no2)c(C)n1. The molecule has 3 rings (SSSR count). The van der Waals surface area contributed by atoms with E-state index in [1.807, 2.05) is 20.1 Å². The van der Waals surface area contributed by atoms with E-state index in [1.54, 1.807) is 24.3 Å². The zero-order valence-corrected chi connectivity index (χ0v) is 17.3. The number of benzene rings is 1. The van der Waals surface area contributed by atoms with Gasteiger partial charge >= 0.3 is 5.97 Å². The third kappa shape index (κ3) is 5.08. The summed E-state index contributed by atoms with van der Waals surface area (Å²) >= 11 is 7.36. The van der Waals surface area contributed by atoms with Gasteiger partial charge in [0.2, 0.25) is 5.82 Å². The van der Waals surface area contributed by atoms with Crippen LogP contribution < -0.4 is 0 Å². The highest BCUT2D eigenvalue weighted by atomic mass is 35.5. The number of nitrogens with zero attached hydrogens (tertiary/aromatic N) is 4. The molecule has 0 aliphatic heterocycles. The topological polar surface area (TPSA) is 91.0 Å². The number of hydrogen-bond acceptors (Lipinski definition) is 8. The number of halogens is 1. The molecule has 9 heteroatoms. The van der Waals surface area contributed by atoms with Crippen LogP contribution in [-0.2, 0) is 22.6 Å². The van der Waals surface area contributed by atoms with E-state index in [0.29, 0.717) is 17.3 Å². The van der Waals surface area contributed by atoms with Gasteiger partial charge in [-0.15, -0.1) is 0 Å². The van der Waals surface area contributed by atoms with Crippen LogP contribution in [0, 0.1) is 13.8 Å². The maximum Gasteiger partial charge on any atom is 0.306 e. The van der Waals surface area contributed by atoms with Gasteiger partial charge in [-0.2, -0.15) is 4.98 Å². The van der Waals surface area contributed by atoms with Crippen molar-refractivity contribution in [3.8, 4) is 11.4 Å². The van der Waals surface area contributed by atoms with Gasteiger partial charge in [-0.25, -0.2) is 9.97 Å². The molecule has 0 saturated carbocycles. The van der Waals surface area contributed by atoms with E-state index in [4.69, 9.17) is 20.9 Å². The Kier molecular flexibility index (Phi) is 6.64. The zero-order valence-electron chi connectivity index (χ0n) is 15.7. The fourth-order valence-corrected chi connectivity index (χ4v) is 3.22. The molecule has 0 unspecified atom stereocenters. The molecule has 0 spiro atoms. The lowest BCUT2D eigenvalue weighted by atomic mass is 10.1. The van der Waals surface area contributed by atoms with E-state index in [0.717, 1.165) is 27.7 Å². The molecular formula is C19H19ClN4O3S. The first-order valence-corrected chi connectivity index (χ1v) is 10.2. The van der Waals surface area contributed by atoms with Crippen molar-refractivity contribution < 1.29 is 14.1 Å². The van der Waals surface area contributed by atoms with Crippen LogP contribution in [0.4, 0.5) is 0 Å². The van der Waals surface area contributed by atoms with Crippen LogP contribution in [0.25, 0.3) is 11.4 Å². The highest BCUT2D eigenvalue weighted by molar-refractivity contribution is 7.98. The van der Waals surface area contributed by atoms with Gasteiger partial charge in [-0.05, 0) is 56.4 Å². The van der Waals surface area contributed by atoms with Crippen LogP contribution in [0.2, 0.25) is 5.02 Å². The van der Waals surface area contributed by atoms with E-state index < -0.39 is 0 Å². The van der Waals surface area contributed by atoms with Crippen LogP contribution in [-0.4, -0.2) is 32.3 Å². The van der Waals surface area contributed by atoms with Crippen molar-refractivity contribution in [2.24, 2.45) is 0 Å². The molecular weight excluding hydrogens is 400 g/mol. The predicted octanol–water partition coefficient (Wildman–Crippen LogP) is 4.19. The standard InChI is InChI=1S/C19H19ClN4O3S/c1-11-15(12(2)22-19(21-11)28-3)8-9-17(25)26-10-16-23-18(24-27-16)13-4-6-14(20)7-5-13/h4-7H,8-10H2,1-3H3. The van der Waals surface area contributed by atoms with Crippen LogP contribution in [0.3, 0.4) is 0 Å². The van der Waals surface area contributed by atoms with Gasteiger partial charge in [0.15, 0.2) is 11.8 Å². The number of hydrogen-bond donors (Lipinski definition) is 0. The molecule has 3 aromatic rings. The molecule has 0 fully saturated rings. The number of ether oxygens (including phenoxy) is 1. The van der Waals surface area contributed by atoms with Crippen molar-refractivity contribution in [2.45, 2.75) is 38.5 Å². The highest BCUT2D eigenvalue weighted by Crippen LogP contribution is 2.19. The van der Waals surface area contributed by atoms with Gasteiger partial charge in [-0.1, -0.05) is 28.5 Å². The third-order valence-corrected chi connectivity index (χ3v) is 4.89. The fourth-order valence-electron chi connectivity index (χ4n) is 2.63. The van der Waals surface area contributed by atoms with Crippen molar-refractivity contribution in [1.82, 2.24) is 20.1 Å². The third-order valence-electron chi connectivity index (χ3n) is 4.09. The number of carbonyl (C=O) groups excluding carboxylic acids is 1. The Morgan fingerprint density at radius 1 is 1.14 bits per heavy atom. The van der Waals surface area contributed by atoms with Crippen molar-refractivity contribution in [1.29, 1.82) is 0 Å². The van der Waals surface area contributed by atoms with Crippen molar-refractivity contribution in [3.63, 3.8) is 0 Å². The van der Waals surface area contributed by atoms with E-state index >= 15 is 0 Å². The Labute approximate surface area is 171 Å². The van der Waals surface area contributed by atoms with Gasteiger partial charge in [0.25, 0.3) is 5.89 Å². The molecule has 28 heavy (non-hydrogen) atoms. The maximum absolute atomic E-state index is 12.1. The monoisotopic (exact) mass is 418 g/mol. The fraction of sp³-hybridized carbons (Fsp3) is 0.316. The average Bonchev–Trinajstić information content (AvgIpc) is 3.15. The van der Waals surface area contributed by atoms with Crippen LogP contribution in [0.1, 0.15) is 29.3 Å². The Balaban J connectivity index is 1.53. The van der Waals surface area contributed by atoms with Gasteiger partial charge in [-0.3, -0.25) is 4.79 Å². The molecule has 0 N–H and O–H groups in total. The molecule has 0 amide bonds. The molecule has 0 aliphatic carbocycles. The number of carbonyl (C=O) groups is 1. The summed E-state index contributed by atoms with van der Waals surface area (Å²) in [6, 6.07) is 7.06. The Morgan fingerprint density at radius 2 is 1.82 bits per heavy atom. The minimum absolute atomic E-state index is 0.0701. The summed E-state index contributed by atoms with van der Waals surface area (Å²) in [5, 5.41) is 5.24. The maximum atomic E-state index is 12.1. The van der Waals surface area contributed by atoms with Crippen LogP contribution >= 0.6 is 23.4 Å². The normalized spacial score (nSPS) is 10.9. The molecule has 2 aromatic heterocycles. The lowest BCUT2D eigenvalue weighted by molar-refractivity contribution is -0.145. The summed E-state index contributed by atoms with van der Waals surface area (Å²) in [4.78, 5) is 25.1. The number of esters is 1. The molecule has 146 valence electrons. The second-order valence-corrected chi connectivity index (χ2v) is 7.25. The van der Waals surface area contributed by atoms with Gasteiger partial charge in [0, 0.05) is 28.4 Å². The molecule has 0 bridgehead atoms. The smallest absolute Gasteiger partial charge is 0.306 e. The van der Waals surface area contributed by atoms with E-state index in [-0.39, 0.29) is 24.9 Å². The minimum Gasteiger partial charge on any atom is -0.456 e. The van der Waals surface area contributed by atoms with Crippen LogP contribution in [0.15, 0.2) is 33.9 Å². The summed E-state index contributed by atoms with van der Waals surface area (Å²) in [6.07, 6.45) is 2.67. The first-order valence-electron chi connectivity index (χ1n) is 8.58. The molecule has 0 radical (unpaired) electrons. The number of thioether (sulfide) groups is 1. The van der Waals surface area contributed by atoms with Crippen molar-refractivity contribution in [3.05, 3.63) is 52.1 Å². The molecule has 0 aliphatic rings. The van der Waals surface area contributed by atoms with Gasteiger partial charge in [0.05, 0.1) is 0 Å². The first-order chi connectivity index (χ1) is 13.5. The Bertz CT molecular complexity index is 953. The Hall–Kier alpha value is -2.45. The van der Waals surface area contributed by atoms with E-state index in [9.17, 15) is 4.79 Å². The zero-order chi connectivity index (χ0) is 20.1. The number of rotatable bonds is 7. The summed E-state index contributed by atoms with van der Waals surface area (Å²) in [7, 11) is 0. The number of aromatic nitrogens is 4. The molecule has 7 nitrogen and oxygen atoms in total. The summed E-state index contributed by atoms with van der Waals surface area (Å²) in [5.41, 5.74) is 3.51. The highest BCUT2D eigenvalue weighted by Gasteiger charge is 2.14. The molecule has 1 aromatic carbocycles. The van der Waals surface area contributed by atoms with Crippen molar-refractivity contribution in [2.75, 3.05) is 6.26 Å². The summed E-state index contributed by atoms with van der Waals surface area (Å²) in [5.74, 6) is 0.303. The Morgan fingerprint density at radius 3 is 2.46 bits per heavy atom. The second kappa shape index (κ2) is 9.16. The van der Waals surface area contributed by atoms with Gasteiger partial charge in [0.1, 0.15) is 0 Å². The average molecular weight is 419 g/mol. The summed E-state index contributed by atoms with van der Waals surface area (Å²) < 4.78 is 10.4. The number of aryl methyl sites for hydroxylation is 2. The largest absolute Gasteiger partial charge is 0.456 e. The molecule has 0 atom stereocenters. The van der Waals surface area contributed by atoms with E-state index in [2.05, 4.69) is 20.1 Å². The lowest BCUT2D eigenvalue weighted by Crippen LogP contribution is -2.09. The summed E-state index contributed by atoms with van der Waals surface area (Å²) in [6.45, 7) is 3.77. The van der Waals surface area contributed by atoms with Gasteiger partial charge < -0.3 is 9.26 Å². The first kappa shape index (κ1) is 20.3. The lowest BCUT2D eigenvalue weighted by Gasteiger charge is -2.09. The minimum atomic E-state index is -0.348. The van der Waals surface area contributed by atoms with E-state index in [1.165, 1.54) is 11.8 Å². The second-order valence-electron chi connectivity index (χ2n) is 6.04.